The third kappa shape index (κ3) is 3.68. The number of halogens is 4. The van der Waals surface area contributed by atoms with E-state index in [-0.39, 0.29) is 0 Å². The number of benzene rings is 2. The number of nitrogens with zero attached hydrogens (tertiary/aromatic N) is 2. The van der Waals surface area contributed by atoms with E-state index in [0.717, 1.165) is 12.1 Å². The number of hydrogen-bond donors (Lipinski definition) is 0. The molecule has 0 atom stereocenters. The number of pyridine rings is 1. The van der Waals surface area contributed by atoms with E-state index in [0.29, 0.717) is 27.3 Å². The Morgan fingerprint density at radius 2 is 1.70 bits per heavy atom. The van der Waals surface area contributed by atoms with Crippen molar-refractivity contribution in [1.29, 1.82) is 0 Å². The van der Waals surface area contributed by atoms with Crippen molar-refractivity contribution in [3.8, 4) is 0 Å². The van der Waals surface area contributed by atoms with Gasteiger partial charge in [0.2, 0.25) is 0 Å². The van der Waals surface area contributed by atoms with E-state index in [2.05, 4.69) is 9.98 Å². The first-order chi connectivity index (χ1) is 10.9. The second kappa shape index (κ2) is 6.01. The van der Waals surface area contributed by atoms with Crippen LogP contribution in [0.15, 0.2) is 59.6 Å². The number of aromatic nitrogens is 1. The molecule has 2 aromatic carbocycles. The minimum atomic E-state index is -4.36. The first-order valence-corrected chi connectivity index (χ1v) is 7.07. The van der Waals surface area contributed by atoms with Crippen LogP contribution in [0.3, 0.4) is 0 Å². The molecule has 0 unspecified atom stereocenters. The molecular weight excluding hydrogens is 325 g/mol. The maximum atomic E-state index is 12.7. The highest BCUT2D eigenvalue weighted by atomic mass is 35.5. The van der Waals surface area contributed by atoms with Gasteiger partial charge < -0.3 is 0 Å². The third-order valence-corrected chi connectivity index (χ3v) is 3.46. The van der Waals surface area contributed by atoms with Crippen LogP contribution >= 0.6 is 11.6 Å². The summed E-state index contributed by atoms with van der Waals surface area (Å²) in [4.78, 5) is 8.54. The van der Waals surface area contributed by atoms with Crippen molar-refractivity contribution in [2.24, 2.45) is 4.99 Å². The van der Waals surface area contributed by atoms with E-state index in [1.54, 1.807) is 42.6 Å². The highest BCUT2D eigenvalue weighted by Crippen LogP contribution is 2.31. The van der Waals surface area contributed by atoms with Crippen LogP contribution in [0.1, 0.15) is 11.3 Å². The van der Waals surface area contributed by atoms with Crippen molar-refractivity contribution in [2.45, 2.75) is 6.18 Å². The molecule has 6 heteroatoms. The first kappa shape index (κ1) is 15.5. The summed E-state index contributed by atoms with van der Waals surface area (Å²) in [6.07, 6.45) is -2.80. The maximum Gasteiger partial charge on any atom is 0.416 e. The Kier molecular flexibility index (Phi) is 4.05. The van der Waals surface area contributed by atoms with Gasteiger partial charge >= 0.3 is 6.18 Å². The van der Waals surface area contributed by atoms with Gasteiger partial charge in [-0.3, -0.25) is 4.99 Å². The maximum absolute atomic E-state index is 12.7. The van der Waals surface area contributed by atoms with E-state index < -0.39 is 11.7 Å². The van der Waals surface area contributed by atoms with Crippen molar-refractivity contribution in [2.75, 3.05) is 0 Å². The average molecular weight is 335 g/mol. The Labute approximate surface area is 135 Å². The molecule has 0 saturated heterocycles. The zero-order chi connectivity index (χ0) is 16.4. The standard InChI is InChI=1S/C17H10ClF3N2/c18-13-3-6-14(7-4-13)22-10-15-5-1-11-9-12(17(19,20)21)2-8-16(11)23-15/h1-10H. The van der Waals surface area contributed by atoms with Crippen LogP contribution in [0.5, 0.6) is 0 Å². The summed E-state index contributed by atoms with van der Waals surface area (Å²) < 4.78 is 38.0. The minimum absolute atomic E-state index is 0.434. The third-order valence-electron chi connectivity index (χ3n) is 3.21. The molecule has 0 spiro atoms. The smallest absolute Gasteiger partial charge is 0.255 e. The minimum Gasteiger partial charge on any atom is -0.255 e. The van der Waals surface area contributed by atoms with Crippen LogP contribution in [0.4, 0.5) is 18.9 Å². The molecule has 0 N–H and O–H groups in total. The molecule has 0 aliphatic heterocycles. The van der Waals surface area contributed by atoms with Crippen molar-refractivity contribution >= 4 is 34.4 Å². The lowest BCUT2D eigenvalue weighted by molar-refractivity contribution is -0.137. The number of alkyl halides is 3. The van der Waals surface area contributed by atoms with Gasteiger partial charge in [0.15, 0.2) is 0 Å². The fourth-order valence-corrected chi connectivity index (χ4v) is 2.18. The van der Waals surface area contributed by atoms with Gasteiger partial charge in [0.1, 0.15) is 0 Å². The normalized spacial score (nSPS) is 12.2. The fraction of sp³-hybridized carbons (Fsp3) is 0.0588. The molecule has 2 nitrogen and oxygen atoms in total. The Balaban J connectivity index is 1.90. The lowest BCUT2D eigenvalue weighted by atomic mass is 10.1. The zero-order valence-corrected chi connectivity index (χ0v) is 12.4. The van der Waals surface area contributed by atoms with Crippen LogP contribution < -0.4 is 0 Å². The van der Waals surface area contributed by atoms with Crippen molar-refractivity contribution in [1.82, 2.24) is 4.98 Å². The average Bonchev–Trinajstić information content (AvgIpc) is 2.53. The summed E-state index contributed by atoms with van der Waals surface area (Å²) in [5.41, 5.74) is 1.07. The van der Waals surface area contributed by atoms with Crippen LogP contribution in [0.25, 0.3) is 10.9 Å². The zero-order valence-electron chi connectivity index (χ0n) is 11.7. The van der Waals surface area contributed by atoms with Crippen LogP contribution in [0.2, 0.25) is 5.02 Å². The molecule has 0 aliphatic rings. The Bertz CT molecular complexity index is 871. The van der Waals surface area contributed by atoms with E-state index in [1.807, 2.05) is 0 Å². The molecule has 116 valence electrons. The molecule has 0 fully saturated rings. The molecule has 1 heterocycles. The van der Waals surface area contributed by atoms with Gasteiger partial charge in [-0.15, -0.1) is 0 Å². The summed E-state index contributed by atoms with van der Waals surface area (Å²) in [5.74, 6) is 0. The van der Waals surface area contributed by atoms with E-state index in [9.17, 15) is 13.2 Å². The molecule has 23 heavy (non-hydrogen) atoms. The monoisotopic (exact) mass is 334 g/mol. The predicted molar refractivity (Wildman–Crippen MR) is 85.5 cm³/mol. The summed E-state index contributed by atoms with van der Waals surface area (Å²) in [7, 11) is 0. The van der Waals surface area contributed by atoms with Crippen molar-refractivity contribution in [3.63, 3.8) is 0 Å². The quantitative estimate of drug-likeness (QED) is 0.555. The second-order valence-corrected chi connectivity index (χ2v) is 5.31. The summed E-state index contributed by atoms with van der Waals surface area (Å²) in [5, 5.41) is 1.05. The molecule has 3 aromatic rings. The number of fused-ring (bicyclic) bond motifs is 1. The van der Waals surface area contributed by atoms with E-state index in [4.69, 9.17) is 11.6 Å². The van der Waals surface area contributed by atoms with E-state index >= 15 is 0 Å². The lowest BCUT2D eigenvalue weighted by Crippen LogP contribution is -2.04. The van der Waals surface area contributed by atoms with Gasteiger partial charge in [-0.25, -0.2) is 4.98 Å². The molecular formula is C17H10ClF3N2. The highest BCUT2D eigenvalue weighted by Gasteiger charge is 2.30. The Morgan fingerprint density at radius 1 is 0.957 bits per heavy atom. The fourth-order valence-electron chi connectivity index (χ4n) is 2.06. The van der Waals surface area contributed by atoms with E-state index in [1.165, 1.54) is 6.07 Å². The number of hydrogen-bond acceptors (Lipinski definition) is 2. The molecule has 3 rings (SSSR count). The Morgan fingerprint density at radius 3 is 2.39 bits per heavy atom. The molecule has 0 saturated carbocycles. The van der Waals surface area contributed by atoms with Gasteiger partial charge in [0.05, 0.1) is 28.7 Å². The van der Waals surface area contributed by atoms with Gasteiger partial charge in [0, 0.05) is 10.4 Å². The predicted octanol–water partition coefficient (Wildman–Crippen LogP) is 5.66. The summed E-state index contributed by atoms with van der Waals surface area (Å²) in [6, 6.07) is 13.7. The summed E-state index contributed by atoms with van der Waals surface area (Å²) >= 11 is 5.79. The molecule has 1 aromatic heterocycles. The SMILES string of the molecule is FC(F)(F)c1ccc2nc(C=Nc3ccc(Cl)cc3)ccc2c1. The molecule has 0 aliphatic carbocycles. The van der Waals surface area contributed by atoms with Crippen LogP contribution in [0, 0.1) is 0 Å². The highest BCUT2D eigenvalue weighted by molar-refractivity contribution is 6.30. The topological polar surface area (TPSA) is 25.2 Å². The number of aliphatic imine (C=N–C) groups is 1. The second-order valence-electron chi connectivity index (χ2n) is 4.88. The summed E-state index contributed by atoms with van der Waals surface area (Å²) in [6.45, 7) is 0. The largest absolute Gasteiger partial charge is 0.416 e. The van der Waals surface area contributed by atoms with Gasteiger partial charge in [-0.1, -0.05) is 17.7 Å². The van der Waals surface area contributed by atoms with Gasteiger partial charge in [0.25, 0.3) is 0 Å². The van der Waals surface area contributed by atoms with Crippen LogP contribution in [-0.4, -0.2) is 11.2 Å². The first-order valence-electron chi connectivity index (χ1n) is 6.69. The number of rotatable bonds is 2. The van der Waals surface area contributed by atoms with Gasteiger partial charge in [-0.05, 0) is 48.5 Å². The lowest BCUT2D eigenvalue weighted by Gasteiger charge is -2.07. The van der Waals surface area contributed by atoms with Crippen molar-refractivity contribution < 1.29 is 13.2 Å². The molecule has 0 bridgehead atoms. The Hall–Kier alpha value is -2.40. The molecule has 0 radical (unpaired) electrons. The van der Waals surface area contributed by atoms with Crippen LogP contribution in [-0.2, 0) is 6.18 Å². The van der Waals surface area contributed by atoms with Crippen molar-refractivity contribution in [3.05, 3.63) is 70.9 Å². The molecule has 0 amide bonds. The van der Waals surface area contributed by atoms with Gasteiger partial charge in [-0.2, -0.15) is 13.2 Å².